The van der Waals surface area contributed by atoms with Gasteiger partial charge in [-0.1, -0.05) is 13.8 Å². The second-order valence-electron chi connectivity index (χ2n) is 5.42. The van der Waals surface area contributed by atoms with Crippen LogP contribution in [0.1, 0.15) is 26.7 Å². The largest absolute Gasteiger partial charge is 0.494 e. The molecule has 0 aliphatic heterocycles. The Balaban J connectivity index is 2.25. The van der Waals surface area contributed by atoms with E-state index in [1.54, 1.807) is 24.3 Å². The quantitative estimate of drug-likeness (QED) is 0.532. The number of amides is 1. The lowest BCUT2D eigenvalue weighted by Gasteiger charge is -2.15. The average Bonchev–Trinajstić information content (AvgIpc) is 2.48. The van der Waals surface area contributed by atoms with E-state index in [4.69, 9.17) is 15.2 Å². The molecule has 0 fully saturated rings. The maximum absolute atomic E-state index is 10.6. The van der Waals surface area contributed by atoms with Crippen molar-refractivity contribution in [2.75, 3.05) is 19.8 Å². The Morgan fingerprint density at radius 1 is 1.23 bits per heavy atom. The molecular formula is C16H26N2O4. The van der Waals surface area contributed by atoms with Crippen molar-refractivity contribution in [3.05, 3.63) is 24.3 Å². The molecule has 0 aromatic heterocycles. The number of nitrogens with one attached hydrogen (secondary N) is 1. The van der Waals surface area contributed by atoms with E-state index >= 15 is 0 Å². The topological polar surface area (TPSA) is 93.8 Å². The van der Waals surface area contributed by atoms with Crippen molar-refractivity contribution < 1.29 is 19.4 Å². The van der Waals surface area contributed by atoms with Crippen LogP contribution in [0.15, 0.2) is 24.3 Å². The lowest BCUT2D eigenvalue weighted by molar-refractivity contribution is -0.118. The number of benzene rings is 1. The van der Waals surface area contributed by atoms with E-state index in [1.165, 1.54) is 0 Å². The van der Waals surface area contributed by atoms with Gasteiger partial charge in [-0.15, -0.1) is 0 Å². The van der Waals surface area contributed by atoms with Crippen LogP contribution < -0.4 is 20.5 Å². The molecule has 4 N–H and O–H groups in total. The summed E-state index contributed by atoms with van der Waals surface area (Å²) in [5.41, 5.74) is 5.05. The Morgan fingerprint density at radius 3 is 2.36 bits per heavy atom. The standard InChI is InChI=1S/C16H26N2O4/c1-12(2)18-10-13(19)11-22-15-7-5-14(6-8-15)21-9-3-4-16(17)20/h5-8,12-13,18-19H,3-4,9-11H2,1-2H3,(H2,17,20). The van der Waals surface area contributed by atoms with Crippen LogP contribution in [0.25, 0.3) is 0 Å². The molecule has 124 valence electrons. The summed E-state index contributed by atoms with van der Waals surface area (Å²) < 4.78 is 11.0. The van der Waals surface area contributed by atoms with Gasteiger partial charge in [0.2, 0.25) is 5.91 Å². The highest BCUT2D eigenvalue weighted by atomic mass is 16.5. The molecular weight excluding hydrogens is 284 g/mol. The molecule has 6 heteroatoms. The van der Waals surface area contributed by atoms with Crippen molar-refractivity contribution in [3.8, 4) is 11.5 Å². The third-order valence-electron chi connectivity index (χ3n) is 2.86. The minimum atomic E-state index is -0.549. The van der Waals surface area contributed by atoms with Gasteiger partial charge >= 0.3 is 0 Å². The SMILES string of the molecule is CC(C)NCC(O)COc1ccc(OCCCC(N)=O)cc1. The lowest BCUT2D eigenvalue weighted by Crippen LogP contribution is -2.35. The Labute approximate surface area is 131 Å². The summed E-state index contributed by atoms with van der Waals surface area (Å²) in [5.74, 6) is 1.06. The van der Waals surface area contributed by atoms with Crippen molar-refractivity contribution >= 4 is 5.91 Å². The van der Waals surface area contributed by atoms with Gasteiger partial charge in [-0.25, -0.2) is 0 Å². The highest BCUT2D eigenvalue weighted by molar-refractivity contribution is 5.73. The van der Waals surface area contributed by atoms with Gasteiger partial charge in [0.15, 0.2) is 0 Å². The highest BCUT2D eigenvalue weighted by Crippen LogP contribution is 2.18. The molecule has 1 rings (SSSR count). The summed E-state index contributed by atoms with van der Waals surface area (Å²) in [6.45, 7) is 5.23. The van der Waals surface area contributed by atoms with Crippen molar-refractivity contribution in [2.45, 2.75) is 38.8 Å². The van der Waals surface area contributed by atoms with Crippen LogP contribution in [-0.2, 0) is 4.79 Å². The van der Waals surface area contributed by atoms with E-state index in [9.17, 15) is 9.90 Å². The minimum Gasteiger partial charge on any atom is -0.494 e. The van der Waals surface area contributed by atoms with Crippen LogP contribution in [0.2, 0.25) is 0 Å². The number of carbonyl (C=O) groups is 1. The molecule has 0 saturated carbocycles. The van der Waals surface area contributed by atoms with E-state index in [0.29, 0.717) is 43.5 Å². The molecule has 0 spiro atoms. The minimum absolute atomic E-state index is 0.235. The van der Waals surface area contributed by atoms with Crippen LogP contribution in [0.5, 0.6) is 11.5 Å². The first-order valence-electron chi connectivity index (χ1n) is 7.52. The zero-order chi connectivity index (χ0) is 16.4. The van der Waals surface area contributed by atoms with E-state index in [2.05, 4.69) is 5.32 Å². The molecule has 1 aromatic carbocycles. The molecule has 22 heavy (non-hydrogen) atoms. The molecule has 0 bridgehead atoms. The molecule has 0 aliphatic rings. The Morgan fingerprint density at radius 2 is 1.82 bits per heavy atom. The van der Waals surface area contributed by atoms with Gasteiger partial charge < -0.3 is 25.6 Å². The molecule has 0 aliphatic carbocycles. The molecule has 0 radical (unpaired) electrons. The maximum atomic E-state index is 10.6. The first-order chi connectivity index (χ1) is 10.5. The van der Waals surface area contributed by atoms with E-state index in [1.807, 2.05) is 13.8 Å². The Kier molecular flexibility index (Phi) is 8.32. The predicted molar refractivity (Wildman–Crippen MR) is 85.0 cm³/mol. The van der Waals surface area contributed by atoms with Crippen LogP contribution in [0, 0.1) is 0 Å². The highest BCUT2D eigenvalue weighted by Gasteiger charge is 2.06. The predicted octanol–water partition coefficient (Wildman–Crippen LogP) is 1.07. The summed E-state index contributed by atoms with van der Waals surface area (Å²) in [6.07, 6.45) is 0.374. The Hall–Kier alpha value is -1.79. The van der Waals surface area contributed by atoms with Gasteiger partial charge in [0.25, 0.3) is 0 Å². The van der Waals surface area contributed by atoms with E-state index in [-0.39, 0.29) is 12.5 Å². The molecule has 0 saturated heterocycles. The second kappa shape index (κ2) is 10.0. The third-order valence-corrected chi connectivity index (χ3v) is 2.86. The first kappa shape index (κ1) is 18.3. The van der Waals surface area contributed by atoms with Gasteiger partial charge in [0.1, 0.15) is 24.2 Å². The van der Waals surface area contributed by atoms with Gasteiger partial charge in [0.05, 0.1) is 6.61 Å². The smallest absolute Gasteiger partial charge is 0.217 e. The first-order valence-corrected chi connectivity index (χ1v) is 7.52. The number of hydrogen-bond acceptors (Lipinski definition) is 5. The number of aliphatic hydroxyl groups is 1. The molecule has 0 heterocycles. The number of rotatable bonds is 11. The summed E-state index contributed by atoms with van der Waals surface area (Å²) in [5, 5.41) is 12.9. The lowest BCUT2D eigenvalue weighted by atomic mass is 10.3. The normalized spacial score (nSPS) is 12.2. The monoisotopic (exact) mass is 310 g/mol. The second-order valence-corrected chi connectivity index (χ2v) is 5.42. The Bertz CT molecular complexity index is 434. The number of hydrogen-bond donors (Lipinski definition) is 3. The van der Waals surface area contributed by atoms with Gasteiger partial charge in [-0.05, 0) is 30.7 Å². The van der Waals surface area contributed by atoms with Crippen molar-refractivity contribution in [2.24, 2.45) is 5.73 Å². The van der Waals surface area contributed by atoms with Crippen LogP contribution in [0.3, 0.4) is 0 Å². The van der Waals surface area contributed by atoms with Gasteiger partial charge in [-0.2, -0.15) is 0 Å². The summed E-state index contributed by atoms with van der Waals surface area (Å²) in [6, 6.07) is 7.48. The molecule has 1 unspecified atom stereocenters. The average molecular weight is 310 g/mol. The molecule has 6 nitrogen and oxygen atoms in total. The van der Waals surface area contributed by atoms with Crippen LogP contribution in [0.4, 0.5) is 0 Å². The van der Waals surface area contributed by atoms with E-state index < -0.39 is 6.10 Å². The van der Waals surface area contributed by atoms with Crippen LogP contribution >= 0.6 is 0 Å². The zero-order valence-corrected chi connectivity index (χ0v) is 13.2. The van der Waals surface area contributed by atoms with E-state index in [0.717, 1.165) is 0 Å². The summed E-state index contributed by atoms with van der Waals surface area (Å²) >= 11 is 0. The van der Waals surface area contributed by atoms with Gasteiger partial charge in [-0.3, -0.25) is 4.79 Å². The number of ether oxygens (including phenoxy) is 2. The number of primary amides is 1. The number of nitrogens with two attached hydrogens (primary N) is 1. The number of aliphatic hydroxyl groups excluding tert-OH is 1. The maximum Gasteiger partial charge on any atom is 0.217 e. The molecule has 1 atom stereocenters. The zero-order valence-electron chi connectivity index (χ0n) is 13.2. The fourth-order valence-corrected chi connectivity index (χ4v) is 1.69. The van der Waals surface area contributed by atoms with Gasteiger partial charge in [0, 0.05) is 19.0 Å². The number of carbonyl (C=O) groups excluding carboxylic acids is 1. The van der Waals surface area contributed by atoms with Crippen LogP contribution in [-0.4, -0.2) is 42.9 Å². The third kappa shape index (κ3) is 8.49. The fraction of sp³-hybridized carbons (Fsp3) is 0.562. The van der Waals surface area contributed by atoms with Crippen molar-refractivity contribution in [3.63, 3.8) is 0 Å². The van der Waals surface area contributed by atoms with Crippen molar-refractivity contribution in [1.29, 1.82) is 0 Å². The summed E-state index contributed by atoms with van der Waals surface area (Å²) in [4.78, 5) is 10.6. The van der Waals surface area contributed by atoms with Crippen molar-refractivity contribution in [1.82, 2.24) is 5.32 Å². The summed E-state index contributed by atoms with van der Waals surface area (Å²) in [7, 11) is 0. The molecule has 1 amide bonds. The fourth-order valence-electron chi connectivity index (χ4n) is 1.69. The molecule has 1 aromatic rings.